The molecule has 0 radical (unpaired) electrons. The van der Waals surface area contributed by atoms with E-state index in [0.29, 0.717) is 11.3 Å². The standard InChI is InChI=1S/C12H11N3O3/c13-11(15-17)8-3-5-9(6-4-8)14-12(16)10-2-1-7-18-10/h1-7,17H,(H2,13,15)(H,14,16)/p+1. The number of carbonyl (C=O) groups excluding carboxylic acids is 1. The summed E-state index contributed by atoms with van der Waals surface area (Å²) in [7, 11) is 0. The van der Waals surface area contributed by atoms with Crippen LogP contribution in [0.2, 0.25) is 0 Å². The Kier molecular flexibility index (Phi) is 3.29. The lowest BCUT2D eigenvalue weighted by Gasteiger charge is -2.03. The number of furan rings is 1. The van der Waals surface area contributed by atoms with Crippen molar-refractivity contribution < 1.29 is 19.6 Å². The Morgan fingerprint density at radius 1 is 1.28 bits per heavy atom. The summed E-state index contributed by atoms with van der Waals surface area (Å²) in [6.45, 7) is 0. The second kappa shape index (κ2) is 5.05. The average Bonchev–Trinajstić information content (AvgIpc) is 2.92. The van der Waals surface area contributed by atoms with Crippen molar-refractivity contribution in [3.63, 3.8) is 0 Å². The summed E-state index contributed by atoms with van der Waals surface area (Å²) < 4.78 is 4.97. The maximum absolute atomic E-state index is 11.7. The van der Waals surface area contributed by atoms with Crippen LogP contribution in [0.5, 0.6) is 0 Å². The minimum absolute atomic E-state index is 0.138. The number of nitrogens with two attached hydrogens (primary N) is 1. The monoisotopic (exact) mass is 246 g/mol. The number of hydrogen-bond donors (Lipinski definition) is 4. The number of nitrogens with one attached hydrogen (secondary N) is 2. The first-order valence-corrected chi connectivity index (χ1v) is 5.18. The van der Waals surface area contributed by atoms with Gasteiger partial charge in [0.1, 0.15) is 0 Å². The number of amides is 1. The van der Waals surface area contributed by atoms with Crippen LogP contribution in [0.3, 0.4) is 0 Å². The third-order valence-electron chi connectivity index (χ3n) is 2.32. The van der Waals surface area contributed by atoms with E-state index < -0.39 is 0 Å². The van der Waals surface area contributed by atoms with Crippen molar-refractivity contribution in [3.8, 4) is 0 Å². The second-order valence-corrected chi connectivity index (χ2v) is 3.53. The third-order valence-corrected chi connectivity index (χ3v) is 2.32. The van der Waals surface area contributed by atoms with Gasteiger partial charge in [0.05, 0.1) is 11.8 Å². The molecule has 0 fully saturated rings. The van der Waals surface area contributed by atoms with Gasteiger partial charge in [0.2, 0.25) is 0 Å². The molecule has 0 aliphatic rings. The molecule has 2 rings (SSSR count). The van der Waals surface area contributed by atoms with E-state index in [1.165, 1.54) is 6.26 Å². The summed E-state index contributed by atoms with van der Waals surface area (Å²) in [5.41, 5.74) is 6.70. The molecule has 0 spiro atoms. The van der Waals surface area contributed by atoms with Crippen molar-refractivity contribution >= 4 is 17.4 Å². The zero-order valence-corrected chi connectivity index (χ0v) is 9.38. The van der Waals surface area contributed by atoms with Crippen LogP contribution >= 0.6 is 0 Å². The van der Waals surface area contributed by atoms with Crippen molar-refractivity contribution in [2.24, 2.45) is 5.73 Å². The number of nitrogen functional groups attached to an aromatic ring is 1. The summed E-state index contributed by atoms with van der Waals surface area (Å²) in [5, 5.41) is 13.2. The van der Waals surface area contributed by atoms with Crippen LogP contribution in [-0.4, -0.2) is 17.0 Å². The highest BCUT2D eigenvalue weighted by Gasteiger charge is 2.09. The Morgan fingerprint density at radius 2 is 2.00 bits per heavy atom. The number of rotatable bonds is 3. The number of amidine groups is 1. The first-order valence-electron chi connectivity index (χ1n) is 5.18. The van der Waals surface area contributed by atoms with E-state index in [-0.39, 0.29) is 17.5 Å². The molecule has 0 atom stereocenters. The molecule has 1 heterocycles. The van der Waals surface area contributed by atoms with Crippen molar-refractivity contribution in [3.05, 3.63) is 54.0 Å². The summed E-state index contributed by atoms with van der Waals surface area (Å²) in [5.74, 6) is 0.0473. The van der Waals surface area contributed by atoms with Gasteiger partial charge >= 0.3 is 5.84 Å². The Balaban J connectivity index is 2.09. The summed E-state index contributed by atoms with van der Waals surface area (Å²) in [6, 6.07) is 9.87. The van der Waals surface area contributed by atoms with Crippen LogP contribution in [0.1, 0.15) is 16.1 Å². The van der Waals surface area contributed by atoms with Gasteiger partial charge in [-0.05, 0) is 36.4 Å². The fourth-order valence-electron chi connectivity index (χ4n) is 1.40. The Morgan fingerprint density at radius 3 is 2.56 bits per heavy atom. The average molecular weight is 246 g/mol. The van der Waals surface area contributed by atoms with Crippen molar-refractivity contribution in [2.45, 2.75) is 0 Å². The quantitative estimate of drug-likeness (QED) is 0.258. The van der Waals surface area contributed by atoms with E-state index >= 15 is 0 Å². The van der Waals surface area contributed by atoms with Gasteiger partial charge in [0.15, 0.2) is 5.76 Å². The van der Waals surface area contributed by atoms with E-state index in [1.807, 2.05) is 5.16 Å². The molecular formula is C12H12N3O3+. The number of hydrogen-bond acceptors (Lipinski definition) is 3. The molecule has 0 unspecified atom stereocenters. The molecule has 0 aliphatic heterocycles. The van der Waals surface area contributed by atoms with Crippen LogP contribution in [0.15, 0.2) is 47.1 Å². The van der Waals surface area contributed by atoms with E-state index in [2.05, 4.69) is 5.32 Å². The van der Waals surface area contributed by atoms with Crippen molar-refractivity contribution in [1.82, 2.24) is 0 Å². The molecule has 0 saturated heterocycles. The van der Waals surface area contributed by atoms with Crippen LogP contribution in [0.4, 0.5) is 5.69 Å². The lowest BCUT2D eigenvalue weighted by Crippen LogP contribution is -2.71. The highest BCUT2D eigenvalue weighted by molar-refractivity contribution is 6.02. The minimum Gasteiger partial charge on any atom is -0.459 e. The van der Waals surface area contributed by atoms with Crippen LogP contribution in [-0.2, 0) is 0 Å². The Bertz CT molecular complexity index is 559. The topological polar surface area (TPSA) is 102 Å². The molecule has 0 aliphatic carbocycles. The predicted octanol–water partition coefficient (Wildman–Crippen LogP) is -0.293. The lowest BCUT2D eigenvalue weighted by molar-refractivity contribution is -0.737. The first-order chi connectivity index (χ1) is 8.70. The first kappa shape index (κ1) is 11.7. The SMILES string of the molecule is NC(=[NH+]O)c1ccc(NC(=O)c2ccco2)cc1. The number of carbonyl (C=O) groups is 1. The lowest BCUT2D eigenvalue weighted by atomic mass is 10.2. The van der Waals surface area contributed by atoms with Gasteiger partial charge in [-0.25, -0.2) is 0 Å². The molecule has 18 heavy (non-hydrogen) atoms. The van der Waals surface area contributed by atoms with Gasteiger partial charge in [-0.15, -0.1) is 0 Å². The van der Waals surface area contributed by atoms with Gasteiger partial charge in [-0.2, -0.15) is 0 Å². The molecule has 6 nitrogen and oxygen atoms in total. The van der Waals surface area contributed by atoms with Crippen LogP contribution < -0.4 is 16.2 Å². The number of benzene rings is 1. The normalized spacial score (nSPS) is 11.2. The van der Waals surface area contributed by atoms with Crippen molar-refractivity contribution in [1.29, 1.82) is 0 Å². The smallest absolute Gasteiger partial charge is 0.311 e. The predicted molar refractivity (Wildman–Crippen MR) is 64.1 cm³/mol. The zero-order chi connectivity index (χ0) is 13.0. The minimum atomic E-state index is -0.329. The van der Waals surface area contributed by atoms with Gasteiger partial charge in [0, 0.05) is 5.69 Å². The second-order valence-electron chi connectivity index (χ2n) is 3.53. The van der Waals surface area contributed by atoms with E-state index in [9.17, 15) is 4.79 Å². The molecule has 1 aromatic heterocycles. The molecule has 0 saturated carbocycles. The molecule has 1 amide bonds. The Hall–Kier alpha value is -2.76. The largest absolute Gasteiger partial charge is 0.459 e. The highest BCUT2D eigenvalue weighted by atomic mass is 16.4. The fourth-order valence-corrected chi connectivity index (χ4v) is 1.40. The van der Waals surface area contributed by atoms with E-state index in [0.717, 1.165) is 0 Å². The highest BCUT2D eigenvalue weighted by Crippen LogP contribution is 2.11. The van der Waals surface area contributed by atoms with Gasteiger partial charge < -0.3 is 14.9 Å². The van der Waals surface area contributed by atoms with Crippen molar-refractivity contribution in [2.75, 3.05) is 5.32 Å². The molecule has 1 aromatic carbocycles. The van der Waals surface area contributed by atoms with E-state index in [1.54, 1.807) is 36.4 Å². The summed E-state index contributed by atoms with van der Waals surface area (Å²) >= 11 is 0. The molecule has 6 heteroatoms. The van der Waals surface area contributed by atoms with Gasteiger partial charge in [0.25, 0.3) is 5.91 Å². The molecule has 5 N–H and O–H groups in total. The maximum Gasteiger partial charge on any atom is 0.311 e. The van der Waals surface area contributed by atoms with Crippen LogP contribution in [0.25, 0.3) is 0 Å². The van der Waals surface area contributed by atoms with Gasteiger partial charge in [-0.1, -0.05) is 5.16 Å². The molecule has 92 valence electrons. The number of anilines is 1. The maximum atomic E-state index is 11.7. The fraction of sp³-hybridized carbons (Fsp3) is 0. The molecule has 0 bridgehead atoms. The summed E-state index contributed by atoms with van der Waals surface area (Å²) in [4.78, 5) is 11.7. The van der Waals surface area contributed by atoms with Crippen LogP contribution in [0, 0.1) is 0 Å². The van der Waals surface area contributed by atoms with Gasteiger partial charge in [-0.3, -0.25) is 10.5 Å². The molecular weight excluding hydrogens is 234 g/mol. The zero-order valence-electron chi connectivity index (χ0n) is 9.38. The van der Waals surface area contributed by atoms with E-state index in [4.69, 9.17) is 15.4 Å². The summed E-state index contributed by atoms with van der Waals surface area (Å²) in [6.07, 6.45) is 1.43. The molecule has 2 aromatic rings. The Labute approximate surface area is 103 Å². The third kappa shape index (κ3) is 2.49.